The number of rotatable bonds is 8. The van der Waals surface area contributed by atoms with Crippen molar-refractivity contribution in [2.75, 3.05) is 19.7 Å². The molecule has 2 heterocycles. The summed E-state index contributed by atoms with van der Waals surface area (Å²) >= 11 is 6.02. The van der Waals surface area contributed by atoms with Gasteiger partial charge in [0.05, 0.1) is 12.2 Å². The fourth-order valence-corrected chi connectivity index (χ4v) is 4.08. The van der Waals surface area contributed by atoms with Gasteiger partial charge in [-0.1, -0.05) is 29.8 Å². The number of aliphatic hydroxyl groups is 1. The Hall–Kier alpha value is -2.54. The highest BCUT2D eigenvalue weighted by Crippen LogP contribution is 2.23. The number of hydrogen-bond acceptors (Lipinski definition) is 5. The van der Waals surface area contributed by atoms with Gasteiger partial charge in [-0.25, -0.2) is 4.98 Å². The first-order chi connectivity index (χ1) is 15.0. The van der Waals surface area contributed by atoms with Crippen LogP contribution in [0, 0.1) is 13.8 Å². The molecule has 4 rings (SSSR count). The molecule has 3 aromatic rings. The predicted octanol–water partition coefficient (Wildman–Crippen LogP) is 3.86. The molecule has 6 nitrogen and oxygen atoms in total. The van der Waals surface area contributed by atoms with Crippen LogP contribution < -0.4 is 9.47 Å². The number of β-amino-alcohol motifs (C(OH)–C–C–N with tert-alkyl or cyclic N) is 1. The monoisotopic (exact) mass is 441 g/mol. The summed E-state index contributed by atoms with van der Waals surface area (Å²) in [7, 11) is 0. The van der Waals surface area contributed by atoms with Crippen molar-refractivity contribution < 1.29 is 14.6 Å². The predicted molar refractivity (Wildman–Crippen MR) is 121 cm³/mol. The van der Waals surface area contributed by atoms with E-state index in [1.54, 1.807) is 12.1 Å². The molecule has 0 spiro atoms. The van der Waals surface area contributed by atoms with Crippen molar-refractivity contribution in [2.45, 2.75) is 39.1 Å². The molecule has 2 atom stereocenters. The molecule has 1 aromatic heterocycles. The average Bonchev–Trinajstić information content (AvgIpc) is 3.23. The van der Waals surface area contributed by atoms with E-state index in [1.807, 2.05) is 44.3 Å². The number of aryl methyl sites for hydroxylation is 2. The molecule has 0 aliphatic carbocycles. The molecule has 1 saturated heterocycles. The minimum Gasteiger partial charge on any atom is -0.492 e. The molecule has 164 valence electrons. The lowest BCUT2D eigenvalue weighted by atomic mass is 10.2. The van der Waals surface area contributed by atoms with E-state index in [1.165, 1.54) is 5.56 Å². The Labute approximate surface area is 188 Å². The van der Waals surface area contributed by atoms with Crippen molar-refractivity contribution in [1.82, 2.24) is 14.5 Å². The number of hydrogen-bond donors (Lipinski definition) is 1. The third-order valence-corrected chi connectivity index (χ3v) is 5.66. The zero-order valence-electron chi connectivity index (χ0n) is 17.9. The molecule has 31 heavy (non-hydrogen) atoms. The van der Waals surface area contributed by atoms with Gasteiger partial charge >= 0.3 is 0 Å². The number of aliphatic hydroxyl groups excluding tert-OH is 1. The maximum atomic E-state index is 10.4. The largest absolute Gasteiger partial charge is 0.492 e. The highest BCUT2D eigenvalue weighted by molar-refractivity contribution is 6.30. The Morgan fingerprint density at radius 1 is 1.10 bits per heavy atom. The highest BCUT2D eigenvalue weighted by Gasteiger charge is 2.33. The molecule has 0 saturated carbocycles. The van der Waals surface area contributed by atoms with E-state index in [-0.39, 0.29) is 6.10 Å². The van der Waals surface area contributed by atoms with Gasteiger partial charge in [-0.3, -0.25) is 4.90 Å². The minimum absolute atomic E-state index is 0.267. The molecule has 1 N–H and O–H groups in total. The van der Waals surface area contributed by atoms with E-state index in [9.17, 15) is 5.11 Å². The lowest BCUT2D eigenvalue weighted by Gasteiger charge is -2.17. The van der Waals surface area contributed by atoms with E-state index >= 15 is 0 Å². The van der Waals surface area contributed by atoms with Crippen LogP contribution in [0.5, 0.6) is 11.5 Å². The summed E-state index contributed by atoms with van der Waals surface area (Å²) in [5, 5.41) is 11.0. The first-order valence-electron chi connectivity index (χ1n) is 10.5. The van der Waals surface area contributed by atoms with Crippen LogP contribution in [0.1, 0.15) is 17.1 Å². The molecular formula is C24H28ClN3O3. The van der Waals surface area contributed by atoms with Gasteiger partial charge in [0.25, 0.3) is 0 Å². The molecular weight excluding hydrogens is 414 g/mol. The Balaban J connectivity index is 1.25. The number of ether oxygens (including phenoxy) is 2. The quantitative estimate of drug-likeness (QED) is 0.575. The van der Waals surface area contributed by atoms with Crippen molar-refractivity contribution >= 4 is 11.6 Å². The molecule has 1 aliphatic heterocycles. The molecule has 0 radical (unpaired) electrons. The lowest BCUT2D eigenvalue weighted by molar-refractivity contribution is 0.0737. The van der Waals surface area contributed by atoms with Gasteiger partial charge in [0, 0.05) is 30.9 Å². The van der Waals surface area contributed by atoms with Gasteiger partial charge in [0.1, 0.15) is 36.1 Å². The number of likely N-dealkylation sites (tertiary alicyclic amines) is 1. The number of halogens is 1. The number of imidazole rings is 1. The van der Waals surface area contributed by atoms with Crippen LogP contribution in [0.2, 0.25) is 5.02 Å². The zero-order chi connectivity index (χ0) is 21.8. The van der Waals surface area contributed by atoms with Crippen molar-refractivity contribution in [1.29, 1.82) is 0 Å². The first-order valence-corrected chi connectivity index (χ1v) is 10.9. The van der Waals surface area contributed by atoms with Crippen LogP contribution in [-0.4, -0.2) is 51.5 Å². The summed E-state index contributed by atoms with van der Waals surface area (Å²) in [6, 6.07) is 15.4. The Kier molecular flexibility index (Phi) is 6.80. The average molecular weight is 442 g/mol. The fraction of sp³-hybridized carbons (Fsp3) is 0.375. The van der Waals surface area contributed by atoms with Crippen molar-refractivity contribution in [3.63, 3.8) is 0 Å². The maximum Gasteiger partial charge on any atom is 0.138 e. The van der Waals surface area contributed by atoms with Gasteiger partial charge in [0.15, 0.2) is 0 Å². The summed E-state index contributed by atoms with van der Waals surface area (Å²) in [5.41, 5.74) is 2.19. The van der Waals surface area contributed by atoms with E-state index in [0.717, 1.165) is 30.4 Å². The number of aromatic nitrogens is 2. The molecule has 2 aromatic carbocycles. The summed E-state index contributed by atoms with van der Waals surface area (Å²) in [6.07, 6.45) is 1.24. The summed E-state index contributed by atoms with van der Waals surface area (Å²) in [5.74, 6) is 2.53. The lowest BCUT2D eigenvalue weighted by Crippen LogP contribution is -2.29. The summed E-state index contributed by atoms with van der Waals surface area (Å²) < 4.78 is 13.9. The van der Waals surface area contributed by atoms with E-state index < -0.39 is 6.10 Å². The number of benzene rings is 2. The van der Waals surface area contributed by atoms with E-state index in [0.29, 0.717) is 30.5 Å². The van der Waals surface area contributed by atoms with Gasteiger partial charge in [0.2, 0.25) is 0 Å². The SMILES string of the molecule is Cc1cn(CCOc2ccc(CN3C[C@H](Oc4cccc(Cl)c4)[C@@H](O)C3)cc2)c(C)n1. The van der Waals surface area contributed by atoms with Gasteiger partial charge in [-0.15, -0.1) is 0 Å². The maximum absolute atomic E-state index is 10.4. The van der Waals surface area contributed by atoms with Crippen molar-refractivity contribution in [3.8, 4) is 11.5 Å². The van der Waals surface area contributed by atoms with Crippen LogP contribution >= 0.6 is 11.6 Å². The van der Waals surface area contributed by atoms with E-state index in [4.69, 9.17) is 21.1 Å². The van der Waals surface area contributed by atoms with Crippen molar-refractivity contribution in [3.05, 3.63) is 76.8 Å². The van der Waals surface area contributed by atoms with Crippen LogP contribution in [0.25, 0.3) is 0 Å². The second-order valence-electron chi connectivity index (χ2n) is 7.99. The topological polar surface area (TPSA) is 59.8 Å². The van der Waals surface area contributed by atoms with Gasteiger partial charge in [-0.2, -0.15) is 0 Å². The summed E-state index contributed by atoms with van der Waals surface area (Å²) in [6.45, 7) is 7.35. The highest BCUT2D eigenvalue weighted by atomic mass is 35.5. The van der Waals surface area contributed by atoms with Crippen LogP contribution in [0.4, 0.5) is 0 Å². The molecule has 1 fully saturated rings. The normalized spacial score (nSPS) is 19.0. The molecule has 1 aliphatic rings. The molecule has 7 heteroatoms. The first kappa shape index (κ1) is 21.7. The Morgan fingerprint density at radius 2 is 1.90 bits per heavy atom. The molecule has 0 amide bonds. The molecule has 0 bridgehead atoms. The van der Waals surface area contributed by atoms with Gasteiger partial charge in [-0.05, 0) is 49.7 Å². The third kappa shape index (κ3) is 5.79. The minimum atomic E-state index is -0.531. The van der Waals surface area contributed by atoms with Gasteiger partial charge < -0.3 is 19.1 Å². The van der Waals surface area contributed by atoms with Crippen LogP contribution in [0.15, 0.2) is 54.7 Å². The standard InChI is InChI=1S/C24H28ClN3O3/c1-17-13-28(18(2)26-17)10-11-30-21-8-6-19(7-9-21)14-27-15-23(29)24(16-27)31-22-5-3-4-20(25)12-22/h3-9,12-13,23-24,29H,10-11,14-16H2,1-2H3/t23-,24-/m0/s1. The third-order valence-electron chi connectivity index (χ3n) is 5.42. The molecule has 0 unspecified atom stereocenters. The van der Waals surface area contributed by atoms with Crippen LogP contribution in [-0.2, 0) is 13.1 Å². The number of nitrogens with zero attached hydrogens (tertiary/aromatic N) is 3. The smallest absolute Gasteiger partial charge is 0.138 e. The fourth-order valence-electron chi connectivity index (χ4n) is 3.90. The summed E-state index contributed by atoms with van der Waals surface area (Å²) in [4.78, 5) is 6.60. The second kappa shape index (κ2) is 9.73. The van der Waals surface area contributed by atoms with Crippen LogP contribution in [0.3, 0.4) is 0 Å². The second-order valence-corrected chi connectivity index (χ2v) is 8.43. The van der Waals surface area contributed by atoms with Crippen molar-refractivity contribution in [2.24, 2.45) is 0 Å². The Bertz CT molecular complexity index is 1010. The Morgan fingerprint density at radius 3 is 2.61 bits per heavy atom. The zero-order valence-corrected chi connectivity index (χ0v) is 18.6. The van der Waals surface area contributed by atoms with E-state index in [2.05, 4.69) is 26.6 Å².